The van der Waals surface area contributed by atoms with Gasteiger partial charge in [-0.15, -0.1) is 0 Å². The van der Waals surface area contributed by atoms with Gasteiger partial charge in [0.1, 0.15) is 13.2 Å². The molecule has 0 N–H and O–H groups in total. The average molecular weight is 582 g/mol. The minimum atomic E-state index is -0.964. The van der Waals surface area contributed by atoms with E-state index in [-0.39, 0.29) is 30.6 Å². The molecule has 6 rings (SSSR count). The molecule has 4 heterocycles. The maximum atomic E-state index is 13.6. The summed E-state index contributed by atoms with van der Waals surface area (Å²) in [5.74, 6) is -0.429. The summed E-state index contributed by atoms with van der Waals surface area (Å²) >= 11 is 6.61. The summed E-state index contributed by atoms with van der Waals surface area (Å²) in [6, 6.07) is 12.0. The second-order valence-electron chi connectivity index (χ2n) is 10.9. The van der Waals surface area contributed by atoms with Crippen molar-refractivity contribution in [3.8, 4) is 17.6 Å². The maximum Gasteiger partial charge on any atom is 0.322 e. The predicted molar refractivity (Wildman–Crippen MR) is 155 cm³/mol. The first kappa shape index (κ1) is 27.5. The summed E-state index contributed by atoms with van der Waals surface area (Å²) in [4.78, 5) is 27.4. The van der Waals surface area contributed by atoms with Gasteiger partial charge in [-0.3, -0.25) is 4.79 Å². The number of anilines is 1. The average Bonchev–Trinajstić information content (AvgIpc) is 3.39. The van der Waals surface area contributed by atoms with Crippen molar-refractivity contribution in [3.05, 3.63) is 59.4 Å². The van der Waals surface area contributed by atoms with Gasteiger partial charge < -0.3 is 28.9 Å². The highest BCUT2D eigenvalue weighted by atomic mass is 35.5. The number of hydrogen-bond donors (Lipinski definition) is 0. The number of hydrogen-bond acceptors (Lipinski definition) is 8. The molecule has 2 fully saturated rings. The van der Waals surface area contributed by atoms with E-state index in [1.807, 2.05) is 48.2 Å². The lowest BCUT2D eigenvalue weighted by Crippen LogP contribution is -2.54. The van der Waals surface area contributed by atoms with Crippen LogP contribution in [0, 0.1) is 0 Å². The number of ether oxygens (including phenoxy) is 3. The second-order valence-corrected chi connectivity index (χ2v) is 11.3. The van der Waals surface area contributed by atoms with E-state index in [2.05, 4.69) is 23.5 Å². The molecule has 1 aromatic heterocycles. The van der Waals surface area contributed by atoms with Crippen molar-refractivity contribution in [1.82, 2.24) is 19.8 Å². The first-order valence-corrected chi connectivity index (χ1v) is 14.3. The largest absolute Gasteiger partial charge is 0.481 e. The van der Waals surface area contributed by atoms with Crippen molar-refractivity contribution in [2.75, 3.05) is 51.3 Å². The summed E-state index contributed by atoms with van der Waals surface area (Å²) in [5.41, 5.74) is 0.904. The molecule has 1 unspecified atom stereocenters. The monoisotopic (exact) mass is 581 g/mol. The summed E-state index contributed by atoms with van der Waals surface area (Å²) in [7, 11) is 2.09. The van der Waals surface area contributed by atoms with E-state index >= 15 is 0 Å². The number of rotatable bonds is 6. The Morgan fingerprint density at radius 1 is 1.20 bits per heavy atom. The maximum absolute atomic E-state index is 13.6. The molecule has 216 valence electrons. The van der Waals surface area contributed by atoms with Crippen LogP contribution < -0.4 is 19.1 Å². The first-order valence-electron chi connectivity index (χ1n) is 13.9. The number of carbonyl (C=O) groups is 1. The fourth-order valence-corrected chi connectivity index (χ4v) is 6.22. The number of piperazine rings is 1. The van der Waals surface area contributed by atoms with Crippen LogP contribution in [0.1, 0.15) is 31.4 Å². The van der Waals surface area contributed by atoms with E-state index in [0.717, 1.165) is 35.7 Å². The lowest BCUT2D eigenvalue weighted by atomic mass is 10.00. The molecule has 11 heteroatoms. The zero-order chi connectivity index (χ0) is 28.7. The molecule has 2 saturated heterocycles. The van der Waals surface area contributed by atoms with Gasteiger partial charge in [0.05, 0.1) is 0 Å². The van der Waals surface area contributed by atoms with E-state index in [4.69, 9.17) is 30.8 Å². The molecule has 9 nitrogen and oxygen atoms in total. The highest BCUT2D eigenvalue weighted by Crippen LogP contribution is 2.44. The first-order chi connectivity index (χ1) is 19.8. The van der Waals surface area contributed by atoms with Crippen molar-refractivity contribution in [2.45, 2.75) is 38.0 Å². The van der Waals surface area contributed by atoms with Gasteiger partial charge in [-0.05, 0) is 44.8 Å². The van der Waals surface area contributed by atoms with E-state index in [9.17, 15) is 9.18 Å². The lowest BCUT2D eigenvalue weighted by Gasteiger charge is -2.41. The number of nitrogens with zero attached hydrogens (tertiary/aromatic N) is 5. The number of likely N-dealkylation sites (N-methyl/N-ethyl adjacent to an activating group) is 1. The molecule has 0 saturated carbocycles. The summed E-state index contributed by atoms with van der Waals surface area (Å²) < 4.78 is 32.5. The smallest absolute Gasteiger partial charge is 0.322 e. The predicted octanol–water partition coefficient (Wildman–Crippen LogP) is 4.79. The van der Waals surface area contributed by atoms with Crippen LogP contribution in [0.5, 0.6) is 17.6 Å². The van der Waals surface area contributed by atoms with Crippen LogP contribution in [-0.2, 0) is 4.79 Å². The van der Waals surface area contributed by atoms with Gasteiger partial charge in [0.2, 0.25) is 5.75 Å². The highest BCUT2D eigenvalue weighted by Gasteiger charge is 2.35. The molecule has 1 amide bonds. The van der Waals surface area contributed by atoms with Crippen LogP contribution >= 0.6 is 11.6 Å². The zero-order valence-electron chi connectivity index (χ0n) is 23.2. The molecule has 3 aliphatic rings. The minimum absolute atomic E-state index is 0.197. The standard InChI is InChI=1S/C30H33ClFN5O4/c1-18-15-36(13-14-37(18)29(38)19(2)32)27-26-28(34-30(33-27)40-16-21-9-6-12-35(21)3)41-24(17-39-26)22-10-4-7-20-8-5-11-23(31)25(20)22/h4-5,7-8,10-11,18,21,24H,2,6,9,12-17H2,1,3H3/t18-,21+,24?/m1/s1. The van der Waals surface area contributed by atoms with Crippen LogP contribution in [-0.4, -0.2) is 84.2 Å². The Hall–Kier alpha value is -3.63. The zero-order valence-corrected chi connectivity index (χ0v) is 23.9. The molecule has 3 aliphatic heterocycles. The van der Waals surface area contributed by atoms with Gasteiger partial charge in [-0.2, -0.15) is 9.97 Å². The van der Waals surface area contributed by atoms with E-state index < -0.39 is 17.8 Å². The fourth-order valence-electron chi connectivity index (χ4n) is 5.93. The molecule has 2 aromatic carbocycles. The van der Waals surface area contributed by atoms with Crippen LogP contribution in [0.4, 0.5) is 10.2 Å². The van der Waals surface area contributed by atoms with E-state index in [1.165, 1.54) is 4.90 Å². The number of amides is 1. The number of halogens is 2. The Bertz CT molecular complexity index is 1480. The van der Waals surface area contributed by atoms with Gasteiger partial charge in [0.25, 0.3) is 11.8 Å². The molecule has 3 atom stereocenters. The Labute approximate surface area is 243 Å². The normalized spacial score (nSPS) is 22.7. The molecule has 0 bridgehead atoms. The van der Waals surface area contributed by atoms with Gasteiger partial charge >= 0.3 is 6.01 Å². The Kier molecular flexibility index (Phi) is 7.61. The van der Waals surface area contributed by atoms with Gasteiger partial charge in [-0.25, -0.2) is 4.39 Å². The molecule has 0 radical (unpaired) electrons. The van der Waals surface area contributed by atoms with Gasteiger partial charge in [0.15, 0.2) is 17.7 Å². The SMILES string of the molecule is C=C(F)C(=O)N1CCN(c2nc(OC[C@@H]3CCCN3C)nc3c2OCC(c2cccc4cccc(Cl)c24)O3)C[C@H]1C. The Morgan fingerprint density at radius 2 is 2.00 bits per heavy atom. The van der Waals surface area contributed by atoms with Gasteiger partial charge in [-0.1, -0.05) is 48.5 Å². The van der Waals surface area contributed by atoms with Gasteiger partial charge in [0, 0.05) is 47.7 Å². The van der Waals surface area contributed by atoms with E-state index in [1.54, 1.807) is 0 Å². The Morgan fingerprint density at radius 3 is 2.73 bits per heavy atom. The van der Waals surface area contributed by atoms with Crippen molar-refractivity contribution < 1.29 is 23.4 Å². The summed E-state index contributed by atoms with van der Waals surface area (Å²) in [6.45, 7) is 7.90. The number of likely N-dealkylation sites (tertiary alicyclic amines) is 1. The second kappa shape index (κ2) is 11.3. The molecule has 3 aromatic rings. The van der Waals surface area contributed by atoms with Crippen molar-refractivity contribution in [2.24, 2.45) is 0 Å². The lowest BCUT2D eigenvalue weighted by molar-refractivity contribution is -0.131. The summed E-state index contributed by atoms with van der Waals surface area (Å²) in [5, 5.41) is 2.56. The third-order valence-corrected chi connectivity index (χ3v) is 8.47. The van der Waals surface area contributed by atoms with Crippen LogP contribution in [0.25, 0.3) is 10.8 Å². The summed E-state index contributed by atoms with van der Waals surface area (Å²) in [6.07, 6.45) is 1.72. The van der Waals surface area contributed by atoms with Crippen molar-refractivity contribution >= 4 is 34.1 Å². The third kappa shape index (κ3) is 5.38. The Balaban J connectivity index is 1.32. The highest BCUT2D eigenvalue weighted by molar-refractivity contribution is 6.35. The van der Waals surface area contributed by atoms with E-state index in [0.29, 0.717) is 42.8 Å². The number of carbonyl (C=O) groups excluding carboxylic acids is 1. The molecular weight excluding hydrogens is 549 g/mol. The topological polar surface area (TPSA) is 80.3 Å². The molecule has 0 spiro atoms. The molecule has 0 aliphatic carbocycles. The van der Waals surface area contributed by atoms with Crippen LogP contribution in [0.2, 0.25) is 5.02 Å². The minimum Gasteiger partial charge on any atom is -0.481 e. The van der Waals surface area contributed by atoms with Crippen molar-refractivity contribution in [3.63, 3.8) is 0 Å². The third-order valence-electron chi connectivity index (χ3n) is 8.16. The molecule has 41 heavy (non-hydrogen) atoms. The van der Waals surface area contributed by atoms with Crippen LogP contribution in [0.3, 0.4) is 0 Å². The quantitative estimate of drug-likeness (QED) is 0.385. The van der Waals surface area contributed by atoms with Crippen molar-refractivity contribution in [1.29, 1.82) is 0 Å². The molecular formula is C30H33ClFN5O4. The number of benzene rings is 2. The number of fused-ring (bicyclic) bond motifs is 2. The number of aromatic nitrogens is 2. The fraction of sp³-hybridized carbons (Fsp3) is 0.433. The van der Waals surface area contributed by atoms with Crippen LogP contribution in [0.15, 0.2) is 48.8 Å².